The molecule has 0 saturated heterocycles. The number of aromatic nitrogens is 4. The highest BCUT2D eigenvalue weighted by atomic mass is 28.4. The summed E-state index contributed by atoms with van der Waals surface area (Å²) in [4.78, 5) is 57.1. The van der Waals surface area contributed by atoms with Gasteiger partial charge in [-0.2, -0.15) is 0 Å². The zero-order chi connectivity index (χ0) is 45.6. The molecule has 0 spiro atoms. The van der Waals surface area contributed by atoms with Gasteiger partial charge in [0.05, 0.1) is 25.3 Å². The number of rotatable bonds is 12. The van der Waals surface area contributed by atoms with E-state index in [1.54, 1.807) is 36.4 Å². The molecule has 2 aliphatic heterocycles. The minimum atomic E-state index is -2.16. The van der Waals surface area contributed by atoms with Gasteiger partial charge in [0.15, 0.2) is 29.2 Å². The van der Waals surface area contributed by atoms with Crippen molar-refractivity contribution in [3.8, 4) is 23.7 Å². The second-order valence-corrected chi connectivity index (χ2v) is 28.0. The minimum Gasteiger partial charge on any atom is -0.414 e. The zero-order valence-electron chi connectivity index (χ0n) is 38.0. The van der Waals surface area contributed by atoms with Crippen LogP contribution in [-0.2, 0) is 27.8 Å². The molecular weight excluding hydrogens is 825 g/mol. The molecule has 0 unspecified atom stereocenters. The fourth-order valence-corrected chi connectivity index (χ4v) is 8.14. The number of aromatic amines is 2. The number of H-pyrrole nitrogens is 2. The fourth-order valence-electron chi connectivity index (χ4n) is 6.11. The lowest BCUT2D eigenvalue weighted by Gasteiger charge is -2.39. The predicted molar refractivity (Wildman–Crippen MR) is 244 cm³/mol. The van der Waals surface area contributed by atoms with Gasteiger partial charge in [-0.3, -0.25) is 28.7 Å². The molecule has 0 bridgehead atoms. The van der Waals surface area contributed by atoms with Gasteiger partial charge in [0.25, 0.3) is 11.1 Å². The molecule has 0 aliphatic carbocycles. The van der Waals surface area contributed by atoms with Crippen molar-refractivity contribution in [2.24, 2.45) is 0 Å². The van der Waals surface area contributed by atoms with E-state index in [1.165, 1.54) is 21.5 Å². The molecule has 1 aromatic carbocycles. The molecular formula is C46H62N4O10Si2. The van der Waals surface area contributed by atoms with Crippen molar-refractivity contribution < 1.29 is 27.8 Å². The number of hydrogen-bond donors (Lipinski definition) is 2. The first-order valence-corrected chi connectivity index (χ1v) is 26.9. The van der Waals surface area contributed by atoms with Crippen LogP contribution in [0.1, 0.15) is 89.7 Å². The van der Waals surface area contributed by atoms with Gasteiger partial charge >= 0.3 is 11.4 Å². The maximum Gasteiger partial charge on any atom is 0.329 e. The molecule has 0 fully saturated rings. The summed E-state index contributed by atoms with van der Waals surface area (Å²) in [6.45, 7) is 26.6. The predicted octanol–water partition coefficient (Wildman–Crippen LogP) is 5.95. The quantitative estimate of drug-likeness (QED) is 0.126. The summed E-state index contributed by atoms with van der Waals surface area (Å²) in [6.07, 6.45) is 7.73. The van der Waals surface area contributed by atoms with E-state index in [2.05, 4.69) is 101 Å². The van der Waals surface area contributed by atoms with Crippen LogP contribution in [0.3, 0.4) is 0 Å². The molecule has 5 rings (SSSR count). The summed E-state index contributed by atoms with van der Waals surface area (Å²) in [5.74, 6) is 11.8. The van der Waals surface area contributed by atoms with E-state index in [0.717, 1.165) is 0 Å². The Balaban J connectivity index is 1.37. The average molecular weight is 887 g/mol. The van der Waals surface area contributed by atoms with Crippen LogP contribution < -0.4 is 22.5 Å². The number of benzene rings is 1. The van der Waals surface area contributed by atoms with E-state index in [1.807, 2.05) is 26.0 Å². The Kier molecular flexibility index (Phi) is 15.5. The van der Waals surface area contributed by atoms with Crippen LogP contribution in [-0.4, -0.2) is 87.0 Å². The molecule has 0 radical (unpaired) electrons. The molecule has 6 atom stereocenters. The Hall–Kier alpha value is -4.63. The van der Waals surface area contributed by atoms with Crippen LogP contribution in [0.15, 0.2) is 80.1 Å². The van der Waals surface area contributed by atoms with Crippen molar-refractivity contribution >= 4 is 16.6 Å². The smallest absolute Gasteiger partial charge is 0.329 e. The van der Waals surface area contributed by atoms with Gasteiger partial charge in [-0.05, 0) is 86.5 Å². The van der Waals surface area contributed by atoms with Crippen LogP contribution in [0.25, 0.3) is 0 Å². The first-order valence-electron chi connectivity index (χ1n) is 21.1. The van der Waals surface area contributed by atoms with Crippen molar-refractivity contribution in [3.63, 3.8) is 0 Å². The number of hydrogen-bond acceptors (Lipinski definition) is 10. The Bertz CT molecular complexity index is 2310. The summed E-state index contributed by atoms with van der Waals surface area (Å²) in [5, 5.41) is -0.0737. The lowest BCUT2D eigenvalue weighted by atomic mass is 10.1. The minimum absolute atomic E-state index is 0.0369. The van der Waals surface area contributed by atoms with Crippen LogP contribution in [0, 0.1) is 23.7 Å². The largest absolute Gasteiger partial charge is 0.414 e. The topological polar surface area (TPSA) is 165 Å². The monoisotopic (exact) mass is 886 g/mol. The summed E-state index contributed by atoms with van der Waals surface area (Å²) in [6, 6.07) is 5.76. The second-order valence-electron chi connectivity index (χ2n) is 18.4. The van der Waals surface area contributed by atoms with Crippen molar-refractivity contribution in [2.75, 3.05) is 26.4 Å². The van der Waals surface area contributed by atoms with E-state index >= 15 is 0 Å². The lowest BCUT2D eigenvalue weighted by molar-refractivity contribution is -0.163. The average Bonchev–Trinajstić information content (AvgIpc) is 3.19. The standard InChI is InChI=1S/C46H62N4O10Si2/c1-13-55-39-25-23-35(37(59-39)29-57-61(9,10)45(3,4)5)49-27-33(41(51)47-43(49)53)21-19-31-15-17-32(18-16-31)20-22-34-28-50(44(54)48-42(34)52)36-24-26-40(56-14-2)60-38(36)30-58-62(11,12)46(6,7)8/h15-18,23-28,35-40H,13-14,29-30H2,1-12H3,(H,47,51,53)(H,48,52,54)/t35-,36-,37+,38+,39-,40-/m0/s1. The normalized spacial score (nSPS) is 21.8. The summed E-state index contributed by atoms with van der Waals surface area (Å²) < 4.78 is 39.7. The third-order valence-electron chi connectivity index (χ3n) is 11.9. The molecule has 4 heterocycles. The van der Waals surface area contributed by atoms with E-state index < -0.39 is 76.0 Å². The summed E-state index contributed by atoms with van der Waals surface area (Å²) >= 11 is 0. The summed E-state index contributed by atoms with van der Waals surface area (Å²) in [7, 11) is -4.33. The highest BCUT2D eigenvalue weighted by Crippen LogP contribution is 2.38. The summed E-state index contributed by atoms with van der Waals surface area (Å²) in [5.41, 5.74) is -1.08. The van der Waals surface area contributed by atoms with Gasteiger partial charge in [-0.1, -0.05) is 77.4 Å². The van der Waals surface area contributed by atoms with Gasteiger partial charge in [0.1, 0.15) is 23.3 Å². The Morgan fingerprint density at radius 3 is 1.27 bits per heavy atom. The van der Waals surface area contributed by atoms with Gasteiger partial charge in [-0.25, -0.2) is 9.59 Å². The lowest BCUT2D eigenvalue weighted by Crippen LogP contribution is -2.47. The van der Waals surface area contributed by atoms with Gasteiger partial charge in [0.2, 0.25) is 0 Å². The Morgan fingerprint density at radius 2 is 0.952 bits per heavy atom. The molecule has 62 heavy (non-hydrogen) atoms. The molecule has 334 valence electrons. The molecule has 0 saturated carbocycles. The maximum atomic E-state index is 13.2. The Morgan fingerprint density at radius 1 is 0.597 bits per heavy atom. The number of nitrogens with zero attached hydrogens (tertiary/aromatic N) is 2. The molecule has 0 amide bonds. The first-order chi connectivity index (χ1) is 29.0. The first kappa shape index (κ1) is 48.4. The zero-order valence-corrected chi connectivity index (χ0v) is 40.0. The van der Waals surface area contributed by atoms with Crippen LogP contribution in [0.4, 0.5) is 0 Å². The molecule has 16 heteroatoms. The van der Waals surface area contributed by atoms with Crippen molar-refractivity contribution in [1.29, 1.82) is 0 Å². The van der Waals surface area contributed by atoms with Crippen LogP contribution in [0.5, 0.6) is 0 Å². The van der Waals surface area contributed by atoms with Crippen molar-refractivity contribution in [3.05, 3.63) is 125 Å². The molecule has 2 aromatic heterocycles. The second kappa shape index (κ2) is 19.8. The molecule has 2 N–H and O–H groups in total. The number of ether oxygens (including phenoxy) is 4. The van der Waals surface area contributed by atoms with E-state index in [0.29, 0.717) is 24.3 Å². The Labute approximate surface area is 365 Å². The third-order valence-corrected chi connectivity index (χ3v) is 20.9. The van der Waals surface area contributed by atoms with Crippen molar-refractivity contribution in [2.45, 2.75) is 129 Å². The highest BCUT2D eigenvalue weighted by molar-refractivity contribution is 6.74. The van der Waals surface area contributed by atoms with Gasteiger partial charge in [0, 0.05) is 36.7 Å². The number of nitrogens with one attached hydrogen (secondary N) is 2. The van der Waals surface area contributed by atoms with E-state index in [4.69, 9.17) is 27.8 Å². The van der Waals surface area contributed by atoms with E-state index in [9.17, 15) is 19.2 Å². The molecule has 14 nitrogen and oxygen atoms in total. The van der Waals surface area contributed by atoms with E-state index in [-0.39, 0.29) is 34.4 Å². The third kappa shape index (κ3) is 11.9. The maximum absolute atomic E-state index is 13.2. The molecule has 2 aliphatic rings. The molecule has 3 aromatic rings. The van der Waals surface area contributed by atoms with Crippen molar-refractivity contribution in [1.82, 2.24) is 19.1 Å². The fraction of sp³-hybridized carbons (Fsp3) is 0.522. The highest BCUT2D eigenvalue weighted by Gasteiger charge is 2.41. The van der Waals surface area contributed by atoms with Gasteiger partial charge < -0.3 is 27.8 Å². The van der Waals surface area contributed by atoms with Gasteiger partial charge in [-0.15, -0.1) is 0 Å². The van der Waals surface area contributed by atoms with Crippen LogP contribution in [0.2, 0.25) is 36.3 Å². The SMILES string of the molecule is CCO[C@@H]1C=C[C@H](n2cc(C#Cc3ccc(C#Cc4cn([C@H]5C=C[C@@H](OCC)O[C@@H]5CO[Si](C)(C)C(C)(C)C)c(=O)[nH]c4=O)cc3)c(=O)[nH]c2=O)[C@@H](CO[Si](C)(C)C(C)(C)C)O1. The van der Waals surface area contributed by atoms with Crippen LogP contribution >= 0.6 is 0 Å².